The van der Waals surface area contributed by atoms with Gasteiger partial charge in [-0.2, -0.15) is 0 Å². The highest BCUT2D eigenvalue weighted by atomic mass is 35.5. The summed E-state index contributed by atoms with van der Waals surface area (Å²) in [5, 5.41) is 1.02. The number of nitrogens with zero attached hydrogens (tertiary/aromatic N) is 2. The molecule has 0 N–H and O–H groups in total. The third kappa shape index (κ3) is 3.24. The molecule has 0 saturated carbocycles. The third-order valence-electron chi connectivity index (χ3n) is 4.43. The molecule has 4 nitrogen and oxygen atoms in total. The van der Waals surface area contributed by atoms with Crippen molar-refractivity contribution in [3.8, 4) is 5.69 Å². The van der Waals surface area contributed by atoms with Crippen molar-refractivity contribution in [3.63, 3.8) is 0 Å². The molecule has 0 aliphatic heterocycles. The minimum atomic E-state index is -0.363. The molecular weight excluding hydrogens is 380 g/mol. The van der Waals surface area contributed by atoms with Crippen molar-refractivity contribution in [2.24, 2.45) is 0 Å². The predicted octanol–water partition coefficient (Wildman–Crippen LogP) is 4.53. The van der Waals surface area contributed by atoms with Gasteiger partial charge in [0.05, 0.1) is 17.6 Å². The van der Waals surface area contributed by atoms with Gasteiger partial charge >= 0.3 is 5.69 Å². The first-order chi connectivity index (χ1) is 12.9. The zero-order valence-electron chi connectivity index (χ0n) is 14.9. The van der Waals surface area contributed by atoms with Crippen molar-refractivity contribution >= 4 is 33.2 Å². The zero-order valence-corrected chi connectivity index (χ0v) is 16.5. The average molecular weight is 397 g/mol. The second-order valence-electron chi connectivity index (χ2n) is 6.55. The number of thiophene rings is 1. The normalized spacial score (nSPS) is 11.2. The molecule has 4 rings (SSSR count). The lowest BCUT2D eigenvalue weighted by molar-refractivity contribution is 0.719. The third-order valence-corrected chi connectivity index (χ3v) is 5.73. The Morgan fingerprint density at radius 1 is 1.00 bits per heavy atom. The highest BCUT2D eigenvalue weighted by Crippen LogP contribution is 2.23. The first-order valence-corrected chi connectivity index (χ1v) is 9.71. The predicted molar refractivity (Wildman–Crippen MR) is 112 cm³/mol. The number of hydrogen-bond donors (Lipinski definition) is 0. The molecular formula is C21H17ClN2O2S. The molecule has 27 heavy (non-hydrogen) atoms. The van der Waals surface area contributed by atoms with E-state index in [4.69, 9.17) is 11.6 Å². The second-order valence-corrected chi connectivity index (χ2v) is 8.23. The Hall–Kier alpha value is -2.63. The molecule has 0 bridgehead atoms. The Balaban J connectivity index is 2.03. The van der Waals surface area contributed by atoms with Crippen LogP contribution in [0.1, 0.15) is 16.0 Å². The molecule has 2 heterocycles. The van der Waals surface area contributed by atoms with Gasteiger partial charge in [0.1, 0.15) is 4.83 Å². The SMILES string of the molecule is Cc1cccc(Cn2c(=O)n(-c3cccc(Cl)c3)c(=O)c3cc(C)sc32)c1. The van der Waals surface area contributed by atoms with Gasteiger partial charge in [-0.25, -0.2) is 9.36 Å². The van der Waals surface area contributed by atoms with Crippen molar-refractivity contribution in [3.05, 3.63) is 96.5 Å². The van der Waals surface area contributed by atoms with E-state index in [9.17, 15) is 9.59 Å². The summed E-state index contributed by atoms with van der Waals surface area (Å²) in [5.74, 6) is 0. The highest BCUT2D eigenvalue weighted by molar-refractivity contribution is 7.18. The summed E-state index contributed by atoms with van der Waals surface area (Å²) < 4.78 is 2.88. The van der Waals surface area contributed by atoms with Crippen LogP contribution >= 0.6 is 22.9 Å². The fourth-order valence-corrected chi connectivity index (χ4v) is 4.42. The molecule has 0 aliphatic carbocycles. The molecule has 0 saturated heterocycles. The minimum absolute atomic E-state index is 0.317. The monoisotopic (exact) mass is 396 g/mol. The fraction of sp³-hybridized carbons (Fsp3) is 0.143. The van der Waals surface area contributed by atoms with Crippen LogP contribution in [-0.4, -0.2) is 9.13 Å². The largest absolute Gasteiger partial charge is 0.337 e. The van der Waals surface area contributed by atoms with Crippen molar-refractivity contribution in [2.75, 3.05) is 0 Å². The summed E-state index contributed by atoms with van der Waals surface area (Å²) in [4.78, 5) is 28.0. The number of benzene rings is 2. The van der Waals surface area contributed by atoms with Gasteiger partial charge in [-0.1, -0.05) is 47.5 Å². The maximum atomic E-state index is 13.3. The van der Waals surface area contributed by atoms with Crippen LogP contribution in [0.15, 0.2) is 64.2 Å². The first-order valence-electron chi connectivity index (χ1n) is 8.51. The van der Waals surface area contributed by atoms with Gasteiger partial charge in [-0.05, 0) is 43.7 Å². The molecule has 0 unspecified atom stereocenters. The number of hydrogen-bond acceptors (Lipinski definition) is 3. The Morgan fingerprint density at radius 3 is 2.52 bits per heavy atom. The van der Waals surface area contributed by atoms with Crippen molar-refractivity contribution in [1.82, 2.24) is 9.13 Å². The van der Waals surface area contributed by atoms with E-state index in [2.05, 4.69) is 0 Å². The number of rotatable bonds is 3. The van der Waals surface area contributed by atoms with Crippen LogP contribution < -0.4 is 11.2 Å². The van der Waals surface area contributed by atoms with E-state index in [-0.39, 0.29) is 11.2 Å². The molecule has 0 fully saturated rings. The van der Waals surface area contributed by atoms with Gasteiger partial charge in [0, 0.05) is 9.90 Å². The number of halogens is 1. The molecule has 0 atom stereocenters. The van der Waals surface area contributed by atoms with Crippen molar-refractivity contribution in [2.45, 2.75) is 20.4 Å². The van der Waals surface area contributed by atoms with E-state index < -0.39 is 0 Å². The molecule has 2 aromatic heterocycles. The molecule has 136 valence electrons. The standard InChI is InChI=1S/C21H17ClN2O2S/c1-13-5-3-6-15(9-13)12-23-20-18(10-14(2)27-20)19(25)24(21(23)26)17-8-4-7-16(22)11-17/h3-11H,12H2,1-2H3. The Labute approximate surface area is 164 Å². The van der Waals surface area contributed by atoms with Gasteiger partial charge < -0.3 is 0 Å². The lowest BCUT2D eigenvalue weighted by Crippen LogP contribution is -2.38. The molecule has 6 heteroatoms. The van der Waals surface area contributed by atoms with E-state index in [0.717, 1.165) is 16.0 Å². The number of aromatic nitrogens is 2. The van der Waals surface area contributed by atoms with Crippen molar-refractivity contribution in [1.29, 1.82) is 0 Å². The van der Waals surface area contributed by atoms with Crippen LogP contribution in [0, 0.1) is 13.8 Å². The quantitative estimate of drug-likeness (QED) is 0.510. The van der Waals surface area contributed by atoms with Gasteiger partial charge in [0.15, 0.2) is 0 Å². The summed E-state index contributed by atoms with van der Waals surface area (Å²) in [5.41, 5.74) is 1.93. The van der Waals surface area contributed by atoms with Crippen LogP contribution in [-0.2, 0) is 6.54 Å². The van der Waals surface area contributed by atoms with Crippen LogP contribution in [0.25, 0.3) is 15.9 Å². The van der Waals surface area contributed by atoms with E-state index in [1.54, 1.807) is 28.8 Å². The summed E-state index contributed by atoms with van der Waals surface area (Å²) in [6.07, 6.45) is 0. The molecule has 2 aromatic carbocycles. The van der Waals surface area contributed by atoms with Crippen LogP contribution in [0.5, 0.6) is 0 Å². The Kier molecular flexibility index (Phi) is 4.50. The first kappa shape index (κ1) is 17.8. The van der Waals surface area contributed by atoms with Gasteiger partial charge in [0.25, 0.3) is 5.56 Å². The maximum absolute atomic E-state index is 13.3. The molecule has 4 aromatic rings. The lowest BCUT2D eigenvalue weighted by Gasteiger charge is -2.12. The second kappa shape index (κ2) is 6.83. The highest BCUT2D eigenvalue weighted by Gasteiger charge is 2.17. The summed E-state index contributed by atoms with van der Waals surface area (Å²) >= 11 is 7.55. The van der Waals surface area contributed by atoms with Crippen LogP contribution in [0.3, 0.4) is 0 Å². The van der Waals surface area contributed by atoms with Crippen LogP contribution in [0.4, 0.5) is 0 Å². The van der Waals surface area contributed by atoms with Gasteiger partial charge in [-0.3, -0.25) is 9.36 Å². The van der Waals surface area contributed by atoms with E-state index in [1.165, 1.54) is 15.9 Å². The molecule has 0 aliphatic rings. The molecule has 0 spiro atoms. The summed E-state index contributed by atoms with van der Waals surface area (Å²) in [6, 6.07) is 16.7. The van der Waals surface area contributed by atoms with Crippen molar-refractivity contribution < 1.29 is 0 Å². The summed E-state index contributed by atoms with van der Waals surface area (Å²) in [7, 11) is 0. The Bertz CT molecular complexity index is 1280. The molecule has 0 radical (unpaired) electrons. The molecule has 0 amide bonds. The van der Waals surface area contributed by atoms with Crippen LogP contribution in [0.2, 0.25) is 5.02 Å². The van der Waals surface area contributed by atoms with E-state index in [1.807, 2.05) is 44.2 Å². The average Bonchev–Trinajstić information content (AvgIpc) is 3.01. The summed E-state index contributed by atoms with van der Waals surface area (Å²) in [6.45, 7) is 4.36. The smallest absolute Gasteiger partial charge is 0.280 e. The van der Waals surface area contributed by atoms with E-state index >= 15 is 0 Å². The Morgan fingerprint density at radius 2 is 1.78 bits per heavy atom. The lowest BCUT2D eigenvalue weighted by atomic mass is 10.1. The van der Waals surface area contributed by atoms with E-state index in [0.29, 0.717) is 27.5 Å². The van der Waals surface area contributed by atoms with Gasteiger partial charge in [0.2, 0.25) is 0 Å². The van der Waals surface area contributed by atoms with Gasteiger partial charge in [-0.15, -0.1) is 11.3 Å². The number of aryl methyl sites for hydroxylation is 2. The maximum Gasteiger partial charge on any atom is 0.337 e. The number of fused-ring (bicyclic) bond motifs is 1. The minimum Gasteiger partial charge on any atom is -0.280 e. The fourth-order valence-electron chi connectivity index (χ4n) is 3.25. The topological polar surface area (TPSA) is 44.0 Å². The zero-order chi connectivity index (χ0) is 19.1.